The minimum absolute atomic E-state index is 0.0408. The first-order chi connectivity index (χ1) is 18.0. The van der Waals surface area contributed by atoms with Crippen molar-refractivity contribution >= 4 is 52.4 Å². The SMILES string of the molecule is CC(=N)N(C)C1C=C(F)C(C(=O)Nc2ccc(Cl)cc2C(=O)Nc2ccc(Cl)cn2)=C(OCCCN)C1C. The van der Waals surface area contributed by atoms with Crippen molar-refractivity contribution in [3.8, 4) is 0 Å². The number of nitrogens with two attached hydrogens (primary N) is 1. The molecular formula is C26H29Cl2FN6O3. The number of carbonyl (C=O) groups excluding carboxylic acids is 2. The van der Waals surface area contributed by atoms with Crippen LogP contribution in [0.25, 0.3) is 0 Å². The molecule has 12 heteroatoms. The third-order valence-corrected chi connectivity index (χ3v) is 6.44. The number of nitrogens with one attached hydrogen (secondary N) is 3. The Bertz CT molecular complexity index is 1280. The maximum Gasteiger partial charge on any atom is 0.262 e. The number of carbonyl (C=O) groups is 2. The number of rotatable bonds is 9. The van der Waals surface area contributed by atoms with Crippen molar-refractivity contribution in [2.75, 3.05) is 30.8 Å². The number of nitrogens with zero attached hydrogens (tertiary/aromatic N) is 2. The zero-order chi connectivity index (χ0) is 28.0. The fourth-order valence-electron chi connectivity index (χ4n) is 3.87. The summed E-state index contributed by atoms with van der Waals surface area (Å²) in [5.41, 5.74) is 5.44. The normalized spacial score (nSPS) is 17.0. The summed E-state index contributed by atoms with van der Waals surface area (Å²) in [6, 6.07) is 6.86. The van der Waals surface area contributed by atoms with Gasteiger partial charge in [0.25, 0.3) is 11.8 Å². The van der Waals surface area contributed by atoms with Gasteiger partial charge in [-0.25, -0.2) is 9.37 Å². The van der Waals surface area contributed by atoms with Gasteiger partial charge in [-0.15, -0.1) is 0 Å². The molecule has 0 radical (unpaired) electrons. The van der Waals surface area contributed by atoms with Gasteiger partial charge in [0.1, 0.15) is 23.0 Å². The van der Waals surface area contributed by atoms with Crippen LogP contribution >= 0.6 is 23.2 Å². The van der Waals surface area contributed by atoms with Crippen LogP contribution in [0.5, 0.6) is 0 Å². The number of amides is 2. The predicted molar refractivity (Wildman–Crippen MR) is 147 cm³/mol. The molecule has 2 atom stereocenters. The van der Waals surface area contributed by atoms with Gasteiger partial charge in [0, 0.05) is 24.2 Å². The third kappa shape index (κ3) is 6.89. The molecule has 5 N–H and O–H groups in total. The maximum absolute atomic E-state index is 15.5. The third-order valence-electron chi connectivity index (χ3n) is 5.98. The molecule has 9 nitrogen and oxygen atoms in total. The highest BCUT2D eigenvalue weighted by Gasteiger charge is 2.36. The lowest BCUT2D eigenvalue weighted by Crippen LogP contribution is -2.42. The van der Waals surface area contributed by atoms with Gasteiger partial charge in [0.2, 0.25) is 0 Å². The van der Waals surface area contributed by atoms with E-state index < -0.39 is 29.6 Å². The van der Waals surface area contributed by atoms with Crippen LogP contribution in [0.1, 0.15) is 30.6 Å². The zero-order valence-electron chi connectivity index (χ0n) is 21.1. The number of hydrogen-bond acceptors (Lipinski definition) is 6. The molecule has 0 spiro atoms. The summed E-state index contributed by atoms with van der Waals surface area (Å²) in [4.78, 5) is 32.1. The molecule has 0 bridgehead atoms. The number of halogens is 3. The number of likely N-dealkylation sites (N-methyl/N-ethyl adjacent to an activating group) is 1. The zero-order valence-corrected chi connectivity index (χ0v) is 22.7. The first kappa shape index (κ1) is 29.1. The second-order valence-corrected chi connectivity index (χ2v) is 9.55. The van der Waals surface area contributed by atoms with Crippen molar-refractivity contribution in [3.63, 3.8) is 0 Å². The highest BCUT2D eigenvalue weighted by atomic mass is 35.5. The van der Waals surface area contributed by atoms with Gasteiger partial charge in [0.15, 0.2) is 0 Å². The Morgan fingerprint density at radius 1 is 1.18 bits per heavy atom. The van der Waals surface area contributed by atoms with Crippen LogP contribution in [0, 0.1) is 11.3 Å². The molecule has 1 aliphatic carbocycles. The molecule has 1 heterocycles. The van der Waals surface area contributed by atoms with E-state index in [1.807, 2.05) is 0 Å². The van der Waals surface area contributed by atoms with Crippen molar-refractivity contribution < 1.29 is 18.7 Å². The lowest BCUT2D eigenvalue weighted by molar-refractivity contribution is -0.113. The monoisotopic (exact) mass is 562 g/mol. The van der Waals surface area contributed by atoms with E-state index in [0.717, 1.165) is 0 Å². The lowest BCUT2D eigenvalue weighted by atomic mass is 9.88. The van der Waals surface area contributed by atoms with Crippen LogP contribution in [0.15, 0.2) is 59.8 Å². The van der Waals surface area contributed by atoms with Crippen molar-refractivity contribution in [2.24, 2.45) is 11.7 Å². The molecule has 202 valence electrons. The number of aromatic nitrogens is 1. The number of pyridine rings is 1. The summed E-state index contributed by atoms with van der Waals surface area (Å²) >= 11 is 12.0. The smallest absolute Gasteiger partial charge is 0.262 e. The number of amidine groups is 1. The van der Waals surface area contributed by atoms with Crippen LogP contribution in [0.4, 0.5) is 15.9 Å². The molecule has 2 unspecified atom stereocenters. The fraction of sp³-hybridized carbons (Fsp3) is 0.308. The van der Waals surface area contributed by atoms with Crippen LogP contribution in [0.3, 0.4) is 0 Å². The van der Waals surface area contributed by atoms with E-state index >= 15 is 4.39 Å². The molecule has 2 aromatic rings. The summed E-state index contributed by atoms with van der Waals surface area (Å²) in [6.07, 6.45) is 3.16. The highest BCUT2D eigenvalue weighted by Crippen LogP contribution is 2.35. The average molecular weight is 563 g/mol. The van der Waals surface area contributed by atoms with Gasteiger partial charge in [-0.05, 0) is 56.3 Å². The van der Waals surface area contributed by atoms with E-state index in [1.165, 1.54) is 36.5 Å². The quantitative estimate of drug-likeness (QED) is 0.193. The van der Waals surface area contributed by atoms with Gasteiger partial charge in [0.05, 0.1) is 34.8 Å². The largest absolute Gasteiger partial charge is 0.497 e. The van der Waals surface area contributed by atoms with Gasteiger partial charge in [-0.2, -0.15) is 0 Å². The lowest BCUT2D eigenvalue weighted by Gasteiger charge is -2.36. The number of ether oxygens (including phenoxy) is 1. The fourth-order valence-corrected chi connectivity index (χ4v) is 4.15. The Labute approximate surface area is 230 Å². The van der Waals surface area contributed by atoms with Crippen molar-refractivity contribution in [3.05, 3.63) is 75.4 Å². The Hall–Kier alpha value is -3.47. The molecular weight excluding hydrogens is 534 g/mol. The number of anilines is 2. The van der Waals surface area contributed by atoms with Crippen molar-refractivity contribution in [1.29, 1.82) is 5.41 Å². The molecule has 0 saturated carbocycles. The topological polar surface area (TPSA) is 133 Å². The molecule has 38 heavy (non-hydrogen) atoms. The van der Waals surface area contributed by atoms with E-state index in [1.54, 1.807) is 31.9 Å². The molecule has 0 fully saturated rings. The number of hydrogen-bond donors (Lipinski definition) is 4. The van der Waals surface area contributed by atoms with Gasteiger partial charge >= 0.3 is 0 Å². The summed E-state index contributed by atoms with van der Waals surface area (Å²) in [7, 11) is 1.67. The molecule has 2 amide bonds. The van der Waals surface area contributed by atoms with Gasteiger partial charge in [-0.1, -0.05) is 30.1 Å². The summed E-state index contributed by atoms with van der Waals surface area (Å²) in [5.74, 6) is -2.05. The summed E-state index contributed by atoms with van der Waals surface area (Å²) in [5, 5.41) is 13.8. The molecule has 0 saturated heterocycles. The second kappa shape index (κ2) is 12.9. The average Bonchev–Trinajstić information content (AvgIpc) is 2.87. The molecule has 1 aromatic carbocycles. The van der Waals surface area contributed by atoms with Gasteiger partial charge in [-0.3, -0.25) is 15.0 Å². The summed E-state index contributed by atoms with van der Waals surface area (Å²) in [6.45, 7) is 3.92. The van der Waals surface area contributed by atoms with Gasteiger partial charge < -0.3 is 26.0 Å². The summed E-state index contributed by atoms with van der Waals surface area (Å²) < 4.78 is 21.3. The predicted octanol–water partition coefficient (Wildman–Crippen LogP) is 5.00. The van der Waals surface area contributed by atoms with Crippen LogP contribution in [-0.4, -0.2) is 53.8 Å². The first-order valence-electron chi connectivity index (χ1n) is 11.8. The van der Waals surface area contributed by atoms with E-state index in [9.17, 15) is 9.59 Å². The molecule has 0 aliphatic heterocycles. The minimum atomic E-state index is -0.804. The van der Waals surface area contributed by atoms with Crippen LogP contribution in [0.2, 0.25) is 10.0 Å². The Balaban J connectivity index is 1.94. The molecule has 1 aromatic heterocycles. The Kier molecular flexibility index (Phi) is 9.84. The minimum Gasteiger partial charge on any atom is -0.497 e. The molecule has 3 rings (SSSR count). The molecule has 1 aliphatic rings. The van der Waals surface area contributed by atoms with Crippen LogP contribution < -0.4 is 16.4 Å². The second-order valence-electron chi connectivity index (χ2n) is 8.68. The highest BCUT2D eigenvalue weighted by molar-refractivity contribution is 6.31. The number of benzene rings is 1. The van der Waals surface area contributed by atoms with E-state index in [2.05, 4.69) is 15.6 Å². The van der Waals surface area contributed by atoms with Crippen molar-refractivity contribution in [2.45, 2.75) is 26.3 Å². The Morgan fingerprint density at radius 2 is 1.89 bits per heavy atom. The Morgan fingerprint density at radius 3 is 2.53 bits per heavy atom. The van der Waals surface area contributed by atoms with Crippen LogP contribution in [-0.2, 0) is 9.53 Å². The van der Waals surface area contributed by atoms with E-state index in [0.29, 0.717) is 18.0 Å². The first-order valence-corrected chi connectivity index (χ1v) is 12.6. The van der Waals surface area contributed by atoms with E-state index in [4.69, 9.17) is 39.1 Å². The van der Waals surface area contributed by atoms with Crippen molar-refractivity contribution in [1.82, 2.24) is 9.88 Å². The standard InChI is InChI=1S/C26H29Cl2FN6O3/c1-14-21(35(3)15(2)31)12-19(29)23(24(14)38-10-4-9-30)26(37)33-20-7-5-16(27)11-18(20)25(36)34-22-8-6-17(28)13-32-22/h5-8,11-14,21,31H,4,9-10,30H2,1-3H3,(H,33,37)(H,32,34,36). The maximum atomic E-state index is 15.5. The van der Waals surface area contributed by atoms with E-state index in [-0.39, 0.29) is 45.9 Å².